The number of rotatable bonds is 13. The van der Waals surface area contributed by atoms with Gasteiger partial charge in [-0.25, -0.2) is 14.6 Å². The number of fused-ring (bicyclic) bond motifs is 3. The number of methoxy groups -OCH3 is 1. The molecule has 24 atom stereocenters. The maximum Gasteiger partial charge on any atom is 0.407 e. The Bertz CT molecular complexity index is 3190. The summed E-state index contributed by atoms with van der Waals surface area (Å²) in [5, 5.41) is 109. The molecule has 1 aromatic heterocycles. The van der Waals surface area contributed by atoms with E-state index in [4.69, 9.17) is 44.6 Å². The van der Waals surface area contributed by atoms with Gasteiger partial charge in [-0.1, -0.05) is 54.5 Å². The highest BCUT2D eigenvalue weighted by molar-refractivity contribution is 6.23. The average Bonchev–Trinajstić information content (AvgIpc) is 0.721. The molecule has 15 N–H and O–H groups in total. The Morgan fingerprint density at radius 2 is 1.49 bits per heavy atom. The van der Waals surface area contributed by atoms with E-state index in [0.717, 1.165) is 11.0 Å². The molecule has 1 saturated carbocycles. The average molecular weight is 1340 g/mol. The Morgan fingerprint density at radius 1 is 0.832 bits per heavy atom. The summed E-state index contributed by atoms with van der Waals surface area (Å²) in [4.78, 5) is 81.8. The number of esters is 1. The number of cyclic esters (lactones) is 1. The number of nitrogens with one attached hydrogen (secondary N) is 2. The Hall–Kier alpha value is -6.15. The number of phenols is 1. The van der Waals surface area contributed by atoms with Gasteiger partial charge >= 0.3 is 18.1 Å². The van der Waals surface area contributed by atoms with Crippen LogP contribution in [0.4, 0.5) is 15.3 Å². The van der Waals surface area contributed by atoms with Crippen LogP contribution in [-0.4, -0.2) is 195 Å². The van der Waals surface area contributed by atoms with Crippen LogP contribution < -0.4 is 22.1 Å². The van der Waals surface area contributed by atoms with Gasteiger partial charge in [-0.05, 0) is 129 Å². The molecular weight excluding hydrogens is 1240 g/mol. The molecule has 6 aliphatic rings. The standard InChI is InChI=1S/C42H78N2O13.C25H24N4O9/c1-14-30-42(12,50)34(46)26(6)25(5)23(3)20-40(10,49)35(56-38-32(45)22(2)19-24(4)52-38)27(7)33(28(8)37(47)54-30)55-31-21-41(11,51-13)36(29(9)53-31)57-39(48)44-18-16-15-17-43;1-9-11-7-12-15(20(33)25(11,38)21(34)16(17(9)30)22(26)35)19(32)14-10(24(12,2)37)3-4-13(18(14)31)28-23(36)29-6-5-27-8-29/h22-36,38,45-46,49-50H,14-21,43H2,1-13H3,(H,44,48);3-6,8-9,11-12,31-32,34,37-38H,7H2,1-2H3,(H2,26,35)(H,28,36)/t22?,23-,24?,25+,26+,27?,28-,29?,30-,31?,32?,33+,34-,35-,36?,38?,40-,41?,42-;9-,11-,12-,24+,25-/m10/s1. The van der Waals surface area contributed by atoms with Gasteiger partial charge in [-0.15, -0.1) is 0 Å². The summed E-state index contributed by atoms with van der Waals surface area (Å²) in [5.41, 5.74) is -0.322. The van der Waals surface area contributed by atoms with Crippen molar-refractivity contribution in [2.75, 3.05) is 25.5 Å². The second kappa shape index (κ2) is 29.5. The molecule has 532 valence electrons. The monoisotopic (exact) mass is 1340 g/mol. The van der Waals surface area contributed by atoms with Crippen LogP contribution in [0, 0.1) is 53.3 Å². The van der Waals surface area contributed by atoms with Crippen LogP contribution in [-0.2, 0) is 57.9 Å². The first-order valence-corrected chi connectivity index (χ1v) is 32.9. The first kappa shape index (κ1) is 76.2. The van der Waals surface area contributed by atoms with Gasteiger partial charge in [0, 0.05) is 61.7 Å². The maximum atomic E-state index is 14.3. The maximum absolute atomic E-state index is 14.3. The number of aromatic hydroxyl groups is 1. The number of aliphatic hydroxyl groups is 8. The number of primary amides is 1. The summed E-state index contributed by atoms with van der Waals surface area (Å²) >= 11 is 0. The SMILES string of the molecule is CC[C@H]1OC(=O)[C@H](C)[C@@H](OC2CC(C)(OC)C(OC(=O)NCCCCN)C(C)O2)C(C)[C@@H](OC2OC(C)CC(C)C2O)[C@](C)(O)C[C@@H](C)[C@H](C)[C@H](C)[C@@H](O)[C@]1(C)O.C[C@@H]1C(=O)C(C(N)=O)=C(O)[C@@]2(O)C(=O)C3=C(O)c4c(ccc(NC(=O)n5ccnc5)c4O)[C@@](C)(O)[C@H]3C[C@@H]12. The third-order valence-corrected chi connectivity index (χ3v) is 21.3. The van der Waals surface area contributed by atoms with Crippen molar-refractivity contribution in [1.82, 2.24) is 14.9 Å². The van der Waals surface area contributed by atoms with Crippen LogP contribution in [0.1, 0.15) is 153 Å². The number of ketones is 2. The highest BCUT2D eigenvalue weighted by atomic mass is 16.7. The molecule has 4 heterocycles. The number of Topliss-reactive ketones (excluding diaryl/α,β-unsaturated/α-hetero) is 2. The summed E-state index contributed by atoms with van der Waals surface area (Å²) in [7, 11) is 1.52. The molecule has 0 spiro atoms. The number of carbonyl (C=O) groups is 6. The Kier molecular flexibility index (Phi) is 23.7. The van der Waals surface area contributed by atoms with Crippen LogP contribution in [0.25, 0.3) is 5.76 Å². The number of aromatic nitrogens is 2. The third kappa shape index (κ3) is 14.8. The lowest BCUT2D eigenvalue weighted by molar-refractivity contribution is -0.318. The number of imidazole rings is 1. The van der Waals surface area contributed by atoms with Gasteiger partial charge in [0.1, 0.15) is 52.6 Å². The summed E-state index contributed by atoms with van der Waals surface area (Å²) in [6.07, 6.45) is -3.59. The molecule has 95 heavy (non-hydrogen) atoms. The minimum Gasteiger partial charge on any atom is -0.508 e. The van der Waals surface area contributed by atoms with E-state index in [0.29, 0.717) is 25.9 Å². The van der Waals surface area contributed by atoms with Crippen LogP contribution in [0.5, 0.6) is 5.75 Å². The fourth-order valence-corrected chi connectivity index (χ4v) is 15.2. The molecule has 28 nitrogen and oxygen atoms in total. The summed E-state index contributed by atoms with van der Waals surface area (Å²) in [6.45, 7) is 25.2. The highest BCUT2D eigenvalue weighted by Crippen LogP contribution is 2.59. The molecule has 1 aromatic carbocycles. The largest absolute Gasteiger partial charge is 0.508 e. The molecule has 4 fully saturated rings. The van der Waals surface area contributed by atoms with Crippen LogP contribution in [0.3, 0.4) is 0 Å². The lowest BCUT2D eigenvalue weighted by atomic mass is 9.53. The van der Waals surface area contributed by atoms with Gasteiger partial charge in [0.25, 0.3) is 5.91 Å². The second-order valence-electron chi connectivity index (χ2n) is 28.3. The zero-order valence-corrected chi connectivity index (χ0v) is 57.1. The van der Waals surface area contributed by atoms with Gasteiger partial charge in [0.05, 0.1) is 58.9 Å². The number of amides is 3. The predicted octanol–water partition coefficient (Wildman–Crippen LogP) is 4.64. The van der Waals surface area contributed by atoms with E-state index in [-0.39, 0.29) is 66.4 Å². The fourth-order valence-electron chi connectivity index (χ4n) is 15.2. The van der Waals surface area contributed by atoms with E-state index >= 15 is 0 Å². The van der Waals surface area contributed by atoms with Gasteiger partial charge in [0.2, 0.25) is 5.78 Å². The molecule has 8 rings (SSSR count). The first-order chi connectivity index (χ1) is 44.2. The number of hydrogen-bond acceptors (Lipinski definition) is 24. The second-order valence-corrected chi connectivity index (χ2v) is 28.3. The number of phenolic OH excluding ortho intramolecular Hbond substituents is 1. The Morgan fingerprint density at radius 3 is 2.09 bits per heavy atom. The van der Waals surface area contributed by atoms with Crippen molar-refractivity contribution < 1.29 is 108 Å². The number of alkyl carbamates (subject to hydrolysis) is 1. The van der Waals surface area contributed by atoms with Crippen LogP contribution in [0.15, 0.2) is 47.8 Å². The van der Waals surface area contributed by atoms with Crippen molar-refractivity contribution in [3.63, 3.8) is 0 Å². The number of carbonyl (C=O) groups excluding carboxylic acids is 6. The van der Waals surface area contributed by atoms with E-state index < -0.39 is 183 Å². The van der Waals surface area contributed by atoms with E-state index in [2.05, 4.69) is 15.6 Å². The molecular formula is C67H102N6O22. The predicted molar refractivity (Wildman–Crippen MR) is 341 cm³/mol. The summed E-state index contributed by atoms with van der Waals surface area (Å²) in [5.74, 6) is -13.2. The number of nitrogens with two attached hydrogens (primary N) is 2. The van der Waals surface area contributed by atoms with E-state index in [9.17, 15) is 74.7 Å². The number of anilines is 1. The van der Waals surface area contributed by atoms with Crippen LogP contribution >= 0.6 is 0 Å². The van der Waals surface area contributed by atoms with Crippen molar-refractivity contribution >= 4 is 47.0 Å². The van der Waals surface area contributed by atoms with Gasteiger partial charge in [-0.2, -0.15) is 0 Å². The number of hydrogen-bond donors (Lipinski definition) is 13. The third-order valence-electron chi connectivity index (χ3n) is 21.3. The van der Waals surface area contributed by atoms with Crippen molar-refractivity contribution in [3.8, 4) is 5.75 Å². The molecule has 0 bridgehead atoms. The topological polar surface area (TPSA) is 443 Å². The molecule has 28 heteroatoms. The summed E-state index contributed by atoms with van der Waals surface area (Å²) in [6, 6.07) is 1.96. The zero-order chi connectivity index (χ0) is 71.1. The van der Waals surface area contributed by atoms with Crippen molar-refractivity contribution in [3.05, 3.63) is 58.9 Å². The van der Waals surface area contributed by atoms with Gasteiger partial charge < -0.3 is 101 Å². The molecule has 0 radical (unpaired) electrons. The molecule has 3 saturated heterocycles. The quantitative estimate of drug-likeness (QED) is 0.0562. The van der Waals surface area contributed by atoms with Gasteiger partial charge in [0.15, 0.2) is 30.1 Å². The number of nitrogens with zero attached hydrogens (tertiary/aromatic N) is 2. The minimum atomic E-state index is -2.80. The van der Waals surface area contributed by atoms with E-state index in [1.807, 2.05) is 41.5 Å². The van der Waals surface area contributed by atoms with Crippen molar-refractivity contribution in [2.45, 2.75) is 231 Å². The summed E-state index contributed by atoms with van der Waals surface area (Å²) < 4.78 is 45.0. The van der Waals surface area contributed by atoms with Crippen molar-refractivity contribution in [2.24, 2.45) is 64.7 Å². The van der Waals surface area contributed by atoms with Crippen molar-refractivity contribution in [1.29, 1.82) is 0 Å². The van der Waals surface area contributed by atoms with E-state index in [1.165, 1.54) is 58.7 Å². The van der Waals surface area contributed by atoms with Crippen LogP contribution in [0.2, 0.25) is 0 Å². The molecule has 3 aliphatic heterocycles. The Labute approximate surface area is 554 Å². The normalized spacial score (nSPS) is 40.2. The molecule has 9 unspecified atom stereocenters. The molecule has 3 amide bonds. The smallest absolute Gasteiger partial charge is 0.407 e. The lowest BCUT2D eigenvalue weighted by Crippen LogP contribution is -2.62. The molecule has 3 aliphatic carbocycles. The fraction of sp³-hybridized carbons (Fsp3) is 0.716. The zero-order valence-electron chi connectivity index (χ0n) is 57.1. The van der Waals surface area contributed by atoms with E-state index in [1.54, 1.807) is 34.6 Å². The lowest BCUT2D eigenvalue weighted by Gasteiger charge is -2.51. The first-order valence-electron chi connectivity index (χ1n) is 32.9. The highest BCUT2D eigenvalue weighted by Gasteiger charge is 2.66. The number of ether oxygens (including phenoxy) is 7. The van der Waals surface area contributed by atoms with Gasteiger partial charge in [-0.3, -0.25) is 23.7 Å². The number of unbranched alkanes of at least 4 members (excludes halogenated alkanes) is 1. The minimum absolute atomic E-state index is 0.0208. The number of aliphatic hydroxyl groups excluding tert-OH is 4. The number of benzene rings is 1. The Balaban J connectivity index is 0.000000289. The molecule has 2 aromatic rings.